The number of aliphatic imine (C=N–C) groups is 1. The highest BCUT2D eigenvalue weighted by molar-refractivity contribution is 5.79. The van der Waals surface area contributed by atoms with Crippen molar-refractivity contribution in [3.05, 3.63) is 43.2 Å². The molecule has 26 heavy (non-hydrogen) atoms. The summed E-state index contributed by atoms with van der Waals surface area (Å²) in [5.74, 6) is 1.68. The van der Waals surface area contributed by atoms with Crippen LogP contribution in [0.25, 0.3) is 22.4 Å². The monoisotopic (exact) mass is 346 g/mol. The number of aromatic nitrogens is 6. The molecule has 4 aromatic rings. The van der Waals surface area contributed by atoms with Crippen molar-refractivity contribution in [2.75, 3.05) is 7.05 Å². The maximum absolute atomic E-state index is 4.50. The summed E-state index contributed by atoms with van der Waals surface area (Å²) in [4.78, 5) is 17.4. The molecule has 5 rings (SSSR count). The summed E-state index contributed by atoms with van der Waals surface area (Å²) in [5.41, 5.74) is 2.94. The van der Waals surface area contributed by atoms with Gasteiger partial charge >= 0.3 is 0 Å². The van der Waals surface area contributed by atoms with Gasteiger partial charge in [0.2, 0.25) is 5.78 Å². The van der Waals surface area contributed by atoms with E-state index in [1.807, 2.05) is 59.2 Å². The average Bonchev–Trinajstić information content (AvgIpc) is 3.26. The Labute approximate surface area is 149 Å². The lowest BCUT2D eigenvalue weighted by atomic mass is 9.81. The molecule has 0 unspecified atom stereocenters. The Kier molecular flexibility index (Phi) is 3.49. The SMILES string of the molecule is CNC1CC(C=Nc2ncc3c(-c4cnc5nccn5c4)ccn3n2)C1. The van der Waals surface area contributed by atoms with E-state index in [-0.39, 0.29) is 0 Å². The molecule has 0 aromatic carbocycles. The van der Waals surface area contributed by atoms with Crippen LogP contribution in [0, 0.1) is 5.92 Å². The molecule has 1 aliphatic carbocycles. The van der Waals surface area contributed by atoms with Crippen LogP contribution in [0.3, 0.4) is 0 Å². The molecule has 0 radical (unpaired) electrons. The van der Waals surface area contributed by atoms with Gasteiger partial charge < -0.3 is 5.32 Å². The third-order valence-corrected chi connectivity index (χ3v) is 4.94. The molecule has 0 atom stereocenters. The molecule has 0 amide bonds. The fraction of sp³-hybridized carbons (Fsp3) is 0.278. The van der Waals surface area contributed by atoms with Crippen LogP contribution < -0.4 is 5.32 Å². The van der Waals surface area contributed by atoms with Crippen molar-refractivity contribution in [1.29, 1.82) is 0 Å². The van der Waals surface area contributed by atoms with E-state index in [0.29, 0.717) is 23.7 Å². The first-order valence-electron chi connectivity index (χ1n) is 8.65. The predicted molar refractivity (Wildman–Crippen MR) is 98.7 cm³/mol. The van der Waals surface area contributed by atoms with E-state index in [0.717, 1.165) is 29.5 Å². The molecule has 1 saturated carbocycles. The van der Waals surface area contributed by atoms with Gasteiger partial charge in [0.15, 0.2) is 0 Å². The molecule has 1 N–H and O–H groups in total. The number of nitrogens with one attached hydrogen (secondary N) is 1. The summed E-state index contributed by atoms with van der Waals surface area (Å²) in [6.45, 7) is 0. The largest absolute Gasteiger partial charge is 0.317 e. The molecule has 0 bridgehead atoms. The quantitative estimate of drug-likeness (QED) is 0.572. The number of nitrogens with zero attached hydrogens (tertiary/aromatic N) is 7. The molecule has 4 heterocycles. The maximum atomic E-state index is 4.50. The van der Waals surface area contributed by atoms with E-state index in [1.165, 1.54) is 0 Å². The van der Waals surface area contributed by atoms with Crippen LogP contribution in [0.5, 0.6) is 0 Å². The third-order valence-electron chi connectivity index (χ3n) is 4.94. The lowest BCUT2D eigenvalue weighted by Gasteiger charge is -2.32. The summed E-state index contributed by atoms with van der Waals surface area (Å²) in [7, 11) is 2.00. The van der Waals surface area contributed by atoms with Crippen LogP contribution in [-0.4, -0.2) is 48.3 Å². The molecule has 8 heteroatoms. The average molecular weight is 346 g/mol. The fourth-order valence-corrected chi connectivity index (χ4v) is 3.34. The number of fused-ring (bicyclic) bond motifs is 2. The molecule has 8 nitrogen and oxygen atoms in total. The van der Waals surface area contributed by atoms with Gasteiger partial charge in [0.1, 0.15) is 0 Å². The second kappa shape index (κ2) is 5.99. The molecule has 130 valence electrons. The topological polar surface area (TPSA) is 84.8 Å². The maximum Gasteiger partial charge on any atom is 0.266 e. The first kappa shape index (κ1) is 15.2. The van der Waals surface area contributed by atoms with Gasteiger partial charge in [-0.05, 0) is 31.9 Å². The molecular weight excluding hydrogens is 328 g/mol. The van der Waals surface area contributed by atoms with Crippen LogP contribution in [0.2, 0.25) is 0 Å². The lowest BCUT2D eigenvalue weighted by molar-refractivity contribution is 0.305. The van der Waals surface area contributed by atoms with Gasteiger partial charge in [-0.2, -0.15) is 0 Å². The number of rotatable bonds is 4. The number of hydrogen-bond donors (Lipinski definition) is 1. The highest BCUT2D eigenvalue weighted by atomic mass is 15.3. The van der Waals surface area contributed by atoms with Crippen LogP contribution in [0.1, 0.15) is 12.8 Å². The summed E-state index contributed by atoms with van der Waals surface area (Å²) < 4.78 is 3.71. The smallest absolute Gasteiger partial charge is 0.266 e. The highest BCUT2D eigenvalue weighted by Gasteiger charge is 2.26. The van der Waals surface area contributed by atoms with Crippen molar-refractivity contribution in [3.8, 4) is 11.1 Å². The second-order valence-electron chi connectivity index (χ2n) is 6.59. The number of hydrogen-bond acceptors (Lipinski definition) is 6. The molecule has 1 aliphatic rings. The fourth-order valence-electron chi connectivity index (χ4n) is 3.34. The van der Waals surface area contributed by atoms with Crippen molar-refractivity contribution >= 4 is 23.5 Å². The lowest BCUT2D eigenvalue weighted by Crippen LogP contribution is -2.39. The Bertz CT molecular complexity index is 1100. The van der Waals surface area contributed by atoms with E-state index in [2.05, 4.69) is 30.4 Å². The highest BCUT2D eigenvalue weighted by Crippen LogP contribution is 2.27. The van der Waals surface area contributed by atoms with E-state index in [1.54, 1.807) is 6.20 Å². The summed E-state index contributed by atoms with van der Waals surface area (Å²) in [6.07, 6.45) is 15.4. The molecule has 4 aromatic heterocycles. The van der Waals surface area contributed by atoms with Crippen LogP contribution in [-0.2, 0) is 0 Å². The Morgan fingerprint density at radius 1 is 1.19 bits per heavy atom. The zero-order valence-corrected chi connectivity index (χ0v) is 14.3. The van der Waals surface area contributed by atoms with Crippen molar-refractivity contribution in [2.45, 2.75) is 18.9 Å². The van der Waals surface area contributed by atoms with Gasteiger partial charge in [0, 0.05) is 54.4 Å². The van der Waals surface area contributed by atoms with E-state index < -0.39 is 0 Å². The van der Waals surface area contributed by atoms with Gasteiger partial charge in [0.05, 0.1) is 11.7 Å². The van der Waals surface area contributed by atoms with Gasteiger partial charge in [-0.3, -0.25) is 4.40 Å². The minimum Gasteiger partial charge on any atom is -0.317 e. The second-order valence-corrected chi connectivity index (χ2v) is 6.59. The molecule has 0 saturated heterocycles. The first-order chi connectivity index (χ1) is 12.8. The standard InChI is InChI=1S/C18H18N8/c1-19-14-6-12(7-14)8-21-17-22-10-16-15(2-4-26(16)24-17)13-9-23-18-20-3-5-25(18)11-13/h2-5,8-12,14,19H,6-7H2,1H3. The van der Waals surface area contributed by atoms with Crippen LogP contribution in [0.15, 0.2) is 48.2 Å². The summed E-state index contributed by atoms with van der Waals surface area (Å²) in [5, 5.41) is 7.77. The minimum atomic E-state index is 0.482. The normalized spacial score (nSPS) is 20.2. The van der Waals surface area contributed by atoms with E-state index >= 15 is 0 Å². The van der Waals surface area contributed by atoms with E-state index in [9.17, 15) is 0 Å². The Balaban J connectivity index is 1.43. The van der Waals surface area contributed by atoms with Crippen molar-refractivity contribution in [1.82, 2.24) is 34.3 Å². The summed E-state index contributed by atoms with van der Waals surface area (Å²) >= 11 is 0. The molecule has 0 aliphatic heterocycles. The van der Waals surface area contributed by atoms with Crippen LogP contribution >= 0.6 is 0 Å². The van der Waals surface area contributed by atoms with Crippen molar-refractivity contribution < 1.29 is 0 Å². The van der Waals surface area contributed by atoms with Gasteiger partial charge in [0.25, 0.3) is 5.95 Å². The first-order valence-corrected chi connectivity index (χ1v) is 8.65. The molecule has 1 fully saturated rings. The summed E-state index contributed by atoms with van der Waals surface area (Å²) in [6, 6.07) is 2.63. The zero-order valence-electron chi connectivity index (χ0n) is 14.3. The Morgan fingerprint density at radius 2 is 2.12 bits per heavy atom. The Hall–Kier alpha value is -3.13. The van der Waals surface area contributed by atoms with Gasteiger partial charge in [-0.1, -0.05) is 0 Å². The van der Waals surface area contributed by atoms with Gasteiger partial charge in [-0.15, -0.1) is 5.10 Å². The van der Waals surface area contributed by atoms with Gasteiger partial charge in [-0.25, -0.2) is 24.5 Å². The van der Waals surface area contributed by atoms with Crippen LogP contribution in [0.4, 0.5) is 5.95 Å². The van der Waals surface area contributed by atoms with E-state index in [4.69, 9.17) is 0 Å². The molecular formula is C18H18N8. The number of imidazole rings is 1. The Morgan fingerprint density at radius 3 is 3.00 bits per heavy atom. The van der Waals surface area contributed by atoms with Crippen molar-refractivity contribution in [3.63, 3.8) is 0 Å². The predicted octanol–water partition coefficient (Wildman–Crippen LogP) is 2.14. The van der Waals surface area contributed by atoms with Crippen molar-refractivity contribution in [2.24, 2.45) is 10.9 Å². The minimum absolute atomic E-state index is 0.482. The third kappa shape index (κ3) is 2.55. The molecule has 0 spiro atoms. The zero-order chi connectivity index (χ0) is 17.5.